The molecule has 1 saturated heterocycles. The van der Waals surface area contributed by atoms with Gasteiger partial charge in [0.15, 0.2) is 0 Å². The lowest BCUT2D eigenvalue weighted by molar-refractivity contribution is -0.136. The van der Waals surface area contributed by atoms with Crippen LogP contribution in [0.4, 0.5) is 14.9 Å². The van der Waals surface area contributed by atoms with E-state index in [9.17, 15) is 18.8 Å². The molecule has 0 atom stereocenters. The van der Waals surface area contributed by atoms with Crippen LogP contribution in [0.15, 0.2) is 18.2 Å². The van der Waals surface area contributed by atoms with Crippen molar-refractivity contribution in [2.24, 2.45) is 5.41 Å². The van der Waals surface area contributed by atoms with Crippen molar-refractivity contribution in [3.8, 4) is 6.07 Å². The van der Waals surface area contributed by atoms with Crippen molar-refractivity contribution in [3.05, 3.63) is 29.6 Å². The van der Waals surface area contributed by atoms with Crippen LogP contribution in [0.2, 0.25) is 0 Å². The fourth-order valence-corrected chi connectivity index (χ4v) is 2.27. The van der Waals surface area contributed by atoms with Crippen LogP contribution >= 0.6 is 0 Å². The molecule has 1 aliphatic carbocycles. The van der Waals surface area contributed by atoms with Gasteiger partial charge in [-0.2, -0.15) is 5.26 Å². The molecule has 1 aromatic carbocycles. The molecule has 1 saturated carbocycles. The Morgan fingerprint density at radius 2 is 2.00 bits per heavy atom. The second kappa shape index (κ2) is 3.87. The van der Waals surface area contributed by atoms with Crippen LogP contribution in [-0.2, 0) is 9.59 Å². The van der Waals surface area contributed by atoms with Crippen molar-refractivity contribution in [2.45, 2.75) is 12.8 Å². The molecule has 1 spiro atoms. The minimum Gasteiger partial charge on any atom is -0.276 e. The lowest BCUT2D eigenvalue weighted by Gasteiger charge is -2.30. The van der Waals surface area contributed by atoms with Gasteiger partial charge in [-0.3, -0.25) is 14.9 Å². The molecule has 3 rings (SSSR count). The largest absolute Gasteiger partial charge is 0.335 e. The maximum atomic E-state index is 13.6. The van der Waals surface area contributed by atoms with Crippen molar-refractivity contribution in [1.82, 2.24) is 5.32 Å². The number of nitrogens with one attached hydrogen (secondary N) is 1. The average Bonchev–Trinajstić information content (AvgIpc) is 3.19. The summed E-state index contributed by atoms with van der Waals surface area (Å²) in [4.78, 5) is 36.5. The zero-order valence-electron chi connectivity index (χ0n) is 10.1. The van der Waals surface area contributed by atoms with Gasteiger partial charge in [-0.15, -0.1) is 0 Å². The quantitative estimate of drug-likeness (QED) is 0.774. The van der Waals surface area contributed by atoms with Crippen LogP contribution in [0, 0.1) is 22.6 Å². The molecule has 20 heavy (non-hydrogen) atoms. The van der Waals surface area contributed by atoms with Crippen LogP contribution in [0.1, 0.15) is 18.4 Å². The highest BCUT2D eigenvalue weighted by molar-refractivity contribution is 6.31. The Morgan fingerprint density at radius 1 is 1.30 bits per heavy atom. The standard InChI is InChI=1S/C13H8FN3O3/c14-8-2-1-3-9(7(8)6-15)17-11(19)13(4-5-13)10(18)16-12(17)20/h1-3H,4-5H2,(H,16,18,20). The average molecular weight is 273 g/mol. The first kappa shape index (κ1) is 12.3. The van der Waals surface area contributed by atoms with E-state index in [1.165, 1.54) is 12.1 Å². The molecule has 0 radical (unpaired) electrons. The summed E-state index contributed by atoms with van der Waals surface area (Å²) in [6, 6.07) is 4.32. The maximum absolute atomic E-state index is 13.6. The highest BCUT2D eigenvalue weighted by Crippen LogP contribution is 2.49. The number of carbonyl (C=O) groups excluding carboxylic acids is 3. The van der Waals surface area contributed by atoms with Crippen LogP contribution in [-0.4, -0.2) is 17.8 Å². The maximum Gasteiger partial charge on any atom is 0.335 e. The summed E-state index contributed by atoms with van der Waals surface area (Å²) in [5.74, 6) is -2.15. The Balaban J connectivity index is 2.13. The van der Waals surface area contributed by atoms with Crippen LogP contribution in [0.3, 0.4) is 0 Å². The predicted molar refractivity (Wildman–Crippen MR) is 63.8 cm³/mol. The normalized spacial score (nSPS) is 19.8. The lowest BCUT2D eigenvalue weighted by Crippen LogP contribution is -2.59. The number of urea groups is 1. The van der Waals surface area contributed by atoms with Gasteiger partial charge in [0.1, 0.15) is 22.9 Å². The predicted octanol–water partition coefficient (Wildman–Crippen LogP) is 1.06. The molecule has 0 unspecified atom stereocenters. The molecule has 0 aromatic heterocycles. The summed E-state index contributed by atoms with van der Waals surface area (Å²) in [5.41, 5.74) is -1.78. The Hall–Kier alpha value is -2.75. The molecule has 2 aliphatic rings. The van der Waals surface area contributed by atoms with Gasteiger partial charge in [0.05, 0.1) is 5.69 Å². The van der Waals surface area contributed by atoms with Crippen LogP contribution in [0.5, 0.6) is 0 Å². The number of nitrogens with zero attached hydrogens (tertiary/aromatic N) is 2. The Morgan fingerprint density at radius 3 is 2.60 bits per heavy atom. The number of hydrogen-bond donors (Lipinski definition) is 1. The minimum absolute atomic E-state index is 0.145. The number of nitriles is 1. The monoisotopic (exact) mass is 273 g/mol. The van der Waals surface area contributed by atoms with Gasteiger partial charge in [-0.25, -0.2) is 14.1 Å². The van der Waals surface area contributed by atoms with E-state index in [2.05, 4.69) is 5.32 Å². The summed E-state index contributed by atoms with van der Waals surface area (Å²) >= 11 is 0. The number of barbiturate groups is 1. The smallest absolute Gasteiger partial charge is 0.276 e. The van der Waals surface area contributed by atoms with E-state index in [4.69, 9.17) is 5.26 Å². The number of hydrogen-bond acceptors (Lipinski definition) is 4. The van der Waals surface area contributed by atoms with Crippen molar-refractivity contribution in [1.29, 1.82) is 5.26 Å². The zero-order chi connectivity index (χ0) is 14.5. The number of imide groups is 2. The number of halogens is 1. The van der Waals surface area contributed by atoms with Crippen molar-refractivity contribution >= 4 is 23.5 Å². The molecule has 1 aromatic rings. The van der Waals surface area contributed by atoms with Gasteiger partial charge >= 0.3 is 6.03 Å². The highest BCUT2D eigenvalue weighted by atomic mass is 19.1. The third-order valence-corrected chi connectivity index (χ3v) is 3.56. The first-order valence-electron chi connectivity index (χ1n) is 5.90. The highest BCUT2D eigenvalue weighted by Gasteiger charge is 2.62. The second-order valence-electron chi connectivity index (χ2n) is 4.73. The van der Waals surface area contributed by atoms with Gasteiger partial charge in [0, 0.05) is 0 Å². The number of benzene rings is 1. The molecule has 6 nitrogen and oxygen atoms in total. The second-order valence-corrected chi connectivity index (χ2v) is 4.73. The summed E-state index contributed by atoms with van der Waals surface area (Å²) in [5, 5.41) is 11.1. The van der Waals surface area contributed by atoms with Gasteiger partial charge in [-0.1, -0.05) is 6.07 Å². The number of rotatable bonds is 1. The van der Waals surface area contributed by atoms with E-state index in [-0.39, 0.29) is 5.69 Å². The molecule has 1 N–H and O–H groups in total. The zero-order valence-corrected chi connectivity index (χ0v) is 10.1. The summed E-state index contributed by atoms with van der Waals surface area (Å²) < 4.78 is 13.6. The molecule has 7 heteroatoms. The van der Waals surface area contributed by atoms with E-state index in [0.29, 0.717) is 17.7 Å². The molecule has 100 valence electrons. The Labute approximate surface area is 112 Å². The lowest BCUT2D eigenvalue weighted by atomic mass is 10.0. The Bertz CT molecular complexity index is 703. The fraction of sp³-hybridized carbons (Fsp3) is 0.231. The fourth-order valence-electron chi connectivity index (χ4n) is 2.27. The summed E-state index contributed by atoms with van der Waals surface area (Å²) in [6.07, 6.45) is 0.692. The van der Waals surface area contributed by atoms with Gasteiger partial charge < -0.3 is 0 Å². The third-order valence-electron chi connectivity index (χ3n) is 3.56. The minimum atomic E-state index is -1.23. The SMILES string of the molecule is N#Cc1c(F)cccc1N1C(=O)NC(=O)C2(CC2)C1=O. The van der Waals surface area contributed by atoms with E-state index in [0.717, 1.165) is 6.07 Å². The third kappa shape index (κ3) is 1.45. The van der Waals surface area contributed by atoms with E-state index < -0.39 is 34.6 Å². The van der Waals surface area contributed by atoms with Gasteiger partial charge in [0.25, 0.3) is 5.91 Å². The summed E-state index contributed by atoms with van der Waals surface area (Å²) in [7, 11) is 0. The van der Waals surface area contributed by atoms with Gasteiger partial charge in [-0.05, 0) is 25.0 Å². The summed E-state index contributed by atoms with van der Waals surface area (Å²) in [6.45, 7) is 0. The van der Waals surface area contributed by atoms with Crippen molar-refractivity contribution in [2.75, 3.05) is 4.90 Å². The molecule has 0 bridgehead atoms. The van der Waals surface area contributed by atoms with Crippen molar-refractivity contribution in [3.63, 3.8) is 0 Å². The van der Waals surface area contributed by atoms with Crippen LogP contribution < -0.4 is 10.2 Å². The Kier molecular flexibility index (Phi) is 2.38. The topological polar surface area (TPSA) is 90.3 Å². The molecule has 1 aliphatic heterocycles. The first-order valence-corrected chi connectivity index (χ1v) is 5.90. The first-order chi connectivity index (χ1) is 9.51. The van der Waals surface area contributed by atoms with E-state index in [1.807, 2.05) is 0 Å². The molecule has 4 amide bonds. The number of anilines is 1. The number of carbonyl (C=O) groups is 3. The molecule has 1 heterocycles. The molecular formula is C13H8FN3O3. The molecular weight excluding hydrogens is 265 g/mol. The molecule has 2 fully saturated rings. The van der Waals surface area contributed by atoms with Crippen LogP contribution in [0.25, 0.3) is 0 Å². The van der Waals surface area contributed by atoms with E-state index in [1.54, 1.807) is 6.07 Å². The van der Waals surface area contributed by atoms with Gasteiger partial charge in [0.2, 0.25) is 5.91 Å². The number of amides is 4. The van der Waals surface area contributed by atoms with Crippen molar-refractivity contribution < 1.29 is 18.8 Å². The van der Waals surface area contributed by atoms with E-state index >= 15 is 0 Å².